The number of hydrogen-bond acceptors (Lipinski definition) is 3. The number of hydrogen-bond donors (Lipinski definition) is 1. The molecule has 2 aromatic rings. The molecule has 0 aliphatic heterocycles. The van der Waals surface area contributed by atoms with Gasteiger partial charge in [0.05, 0.1) is 0 Å². The van der Waals surface area contributed by atoms with Crippen molar-refractivity contribution in [1.82, 2.24) is 4.90 Å². The maximum absolute atomic E-state index is 12.9. The van der Waals surface area contributed by atoms with Gasteiger partial charge in [0.1, 0.15) is 11.6 Å². The number of aryl methyl sites for hydroxylation is 1. The normalized spacial score (nSPS) is 11.2. The summed E-state index contributed by atoms with van der Waals surface area (Å²) in [6.07, 6.45) is 1.46. The Morgan fingerprint density at radius 2 is 1.96 bits per heavy atom. The van der Waals surface area contributed by atoms with Crippen LogP contribution in [0.2, 0.25) is 5.02 Å². The number of halogens is 1. The number of nitriles is 1. The highest BCUT2D eigenvalue weighted by atomic mass is 35.5. The Labute approximate surface area is 159 Å². The number of nitrogens with zero attached hydrogens (tertiary/aromatic N) is 2. The van der Waals surface area contributed by atoms with Gasteiger partial charge >= 0.3 is 0 Å². The Bertz CT molecular complexity index is 838. The van der Waals surface area contributed by atoms with Gasteiger partial charge in [-0.3, -0.25) is 4.79 Å². The van der Waals surface area contributed by atoms with Gasteiger partial charge < -0.3 is 10.2 Å². The molecule has 0 heterocycles. The SMILES string of the molecule is Cc1cc(Cl)ccc1N/C=C(/C#N)C(=O)N(Cc1ccccc1)C(C)C. The predicted octanol–water partition coefficient (Wildman–Crippen LogP) is 4.91. The second kappa shape index (κ2) is 9.07. The molecule has 0 saturated heterocycles. The topological polar surface area (TPSA) is 56.1 Å². The number of nitrogens with one attached hydrogen (secondary N) is 1. The second-order valence-corrected chi connectivity index (χ2v) is 6.72. The largest absolute Gasteiger partial charge is 0.360 e. The maximum atomic E-state index is 12.9. The molecule has 0 radical (unpaired) electrons. The first-order chi connectivity index (χ1) is 12.4. The van der Waals surface area contributed by atoms with Gasteiger partial charge in [-0.1, -0.05) is 41.9 Å². The molecule has 2 aromatic carbocycles. The van der Waals surface area contributed by atoms with Crippen molar-refractivity contribution in [3.63, 3.8) is 0 Å². The Kier molecular flexibility index (Phi) is 6.82. The lowest BCUT2D eigenvalue weighted by Crippen LogP contribution is -2.37. The third-order valence-electron chi connectivity index (χ3n) is 3.99. The van der Waals surface area contributed by atoms with E-state index in [0.29, 0.717) is 11.6 Å². The van der Waals surface area contributed by atoms with Crippen molar-refractivity contribution in [3.05, 3.63) is 76.5 Å². The summed E-state index contributed by atoms with van der Waals surface area (Å²) in [5.41, 5.74) is 2.81. The lowest BCUT2D eigenvalue weighted by atomic mass is 10.1. The highest BCUT2D eigenvalue weighted by Gasteiger charge is 2.21. The summed E-state index contributed by atoms with van der Waals surface area (Å²) in [5, 5.41) is 13.1. The van der Waals surface area contributed by atoms with Gasteiger partial charge in [0.25, 0.3) is 5.91 Å². The van der Waals surface area contributed by atoms with E-state index >= 15 is 0 Å². The molecule has 0 aromatic heterocycles. The fraction of sp³-hybridized carbons (Fsp3) is 0.238. The van der Waals surface area contributed by atoms with Crippen molar-refractivity contribution in [2.75, 3.05) is 5.32 Å². The Morgan fingerprint density at radius 3 is 2.54 bits per heavy atom. The fourth-order valence-electron chi connectivity index (χ4n) is 2.50. The van der Waals surface area contributed by atoms with Crippen LogP contribution in [-0.4, -0.2) is 16.8 Å². The first kappa shape index (κ1) is 19.6. The predicted molar refractivity (Wildman–Crippen MR) is 106 cm³/mol. The van der Waals surface area contributed by atoms with Crippen LogP contribution in [0.1, 0.15) is 25.0 Å². The molecule has 0 aliphatic carbocycles. The van der Waals surface area contributed by atoms with Crippen molar-refractivity contribution in [1.29, 1.82) is 5.26 Å². The number of carbonyl (C=O) groups is 1. The Balaban J connectivity index is 2.20. The molecule has 0 bridgehead atoms. The van der Waals surface area contributed by atoms with Crippen molar-refractivity contribution < 1.29 is 4.79 Å². The minimum atomic E-state index is -0.300. The monoisotopic (exact) mass is 367 g/mol. The van der Waals surface area contributed by atoms with Gasteiger partial charge in [-0.05, 0) is 50.1 Å². The molecule has 2 rings (SSSR count). The highest BCUT2D eigenvalue weighted by Crippen LogP contribution is 2.20. The van der Waals surface area contributed by atoms with Crippen molar-refractivity contribution in [2.45, 2.75) is 33.4 Å². The standard InChI is InChI=1S/C21H22ClN3O/c1-15(2)25(14-17-7-5-4-6-8-17)21(26)18(12-23)13-24-20-10-9-19(22)11-16(20)3/h4-11,13,15,24H,14H2,1-3H3/b18-13-. The molecule has 1 N–H and O–H groups in total. The van der Waals surface area contributed by atoms with E-state index < -0.39 is 0 Å². The van der Waals surface area contributed by atoms with Gasteiger partial charge in [-0.15, -0.1) is 0 Å². The highest BCUT2D eigenvalue weighted by molar-refractivity contribution is 6.30. The second-order valence-electron chi connectivity index (χ2n) is 6.29. The van der Waals surface area contributed by atoms with Crippen LogP contribution in [0, 0.1) is 18.3 Å². The molecule has 0 atom stereocenters. The minimum Gasteiger partial charge on any atom is -0.360 e. The van der Waals surface area contributed by atoms with E-state index in [4.69, 9.17) is 11.6 Å². The van der Waals surface area contributed by atoms with E-state index in [1.165, 1.54) is 6.20 Å². The van der Waals surface area contributed by atoms with Crippen molar-refractivity contribution in [2.24, 2.45) is 0 Å². The number of anilines is 1. The summed E-state index contributed by atoms with van der Waals surface area (Å²) in [4.78, 5) is 14.5. The maximum Gasteiger partial charge on any atom is 0.266 e. The van der Waals surface area contributed by atoms with Crippen LogP contribution < -0.4 is 5.32 Å². The van der Waals surface area contributed by atoms with E-state index in [1.807, 2.05) is 69.3 Å². The zero-order chi connectivity index (χ0) is 19.1. The summed E-state index contributed by atoms with van der Waals surface area (Å²) in [5.74, 6) is -0.300. The molecule has 5 heteroatoms. The molecule has 0 saturated carbocycles. The van der Waals surface area contributed by atoms with E-state index in [9.17, 15) is 10.1 Å². The van der Waals surface area contributed by atoms with Crippen LogP contribution in [-0.2, 0) is 11.3 Å². The van der Waals surface area contributed by atoms with Crippen LogP contribution in [0.5, 0.6) is 0 Å². The lowest BCUT2D eigenvalue weighted by Gasteiger charge is -2.26. The fourth-order valence-corrected chi connectivity index (χ4v) is 2.73. The van der Waals surface area contributed by atoms with E-state index in [-0.39, 0.29) is 17.5 Å². The Hall–Kier alpha value is -2.77. The zero-order valence-corrected chi connectivity index (χ0v) is 15.9. The molecule has 0 unspecified atom stereocenters. The Morgan fingerprint density at radius 1 is 1.27 bits per heavy atom. The molecule has 0 spiro atoms. The third kappa shape index (κ3) is 5.11. The van der Waals surface area contributed by atoms with Gasteiger partial charge in [0.15, 0.2) is 0 Å². The summed E-state index contributed by atoms with van der Waals surface area (Å²) in [7, 11) is 0. The van der Waals surface area contributed by atoms with Crippen molar-refractivity contribution >= 4 is 23.2 Å². The first-order valence-corrected chi connectivity index (χ1v) is 8.78. The van der Waals surface area contributed by atoms with Gasteiger partial charge in [0, 0.05) is 29.5 Å². The van der Waals surface area contributed by atoms with Crippen LogP contribution in [0.25, 0.3) is 0 Å². The lowest BCUT2D eigenvalue weighted by molar-refractivity contribution is -0.129. The molecule has 134 valence electrons. The average molecular weight is 368 g/mol. The number of carbonyl (C=O) groups excluding carboxylic acids is 1. The van der Waals surface area contributed by atoms with E-state index in [1.54, 1.807) is 11.0 Å². The summed E-state index contributed by atoms with van der Waals surface area (Å²) >= 11 is 5.95. The molecular weight excluding hydrogens is 346 g/mol. The summed E-state index contributed by atoms with van der Waals surface area (Å²) in [6, 6.07) is 17.1. The average Bonchev–Trinajstić information content (AvgIpc) is 2.62. The van der Waals surface area contributed by atoms with Gasteiger partial charge in [-0.25, -0.2) is 0 Å². The number of benzene rings is 2. The molecule has 0 fully saturated rings. The molecule has 4 nitrogen and oxygen atoms in total. The molecule has 0 aliphatic rings. The number of amides is 1. The molecule has 1 amide bonds. The van der Waals surface area contributed by atoms with Crippen LogP contribution in [0.15, 0.2) is 60.3 Å². The van der Waals surface area contributed by atoms with Crippen molar-refractivity contribution in [3.8, 4) is 6.07 Å². The quantitative estimate of drug-likeness (QED) is 0.583. The van der Waals surface area contributed by atoms with E-state index in [0.717, 1.165) is 16.8 Å². The molecule has 26 heavy (non-hydrogen) atoms. The smallest absolute Gasteiger partial charge is 0.266 e. The first-order valence-electron chi connectivity index (χ1n) is 8.40. The summed E-state index contributed by atoms with van der Waals surface area (Å²) in [6.45, 7) is 6.24. The molecular formula is C21H22ClN3O. The van der Waals surface area contributed by atoms with Crippen LogP contribution >= 0.6 is 11.6 Å². The number of rotatable bonds is 6. The van der Waals surface area contributed by atoms with Gasteiger partial charge in [-0.2, -0.15) is 5.26 Å². The third-order valence-corrected chi connectivity index (χ3v) is 4.23. The minimum absolute atomic E-state index is 0.0308. The van der Waals surface area contributed by atoms with Crippen LogP contribution in [0.3, 0.4) is 0 Å². The van der Waals surface area contributed by atoms with Crippen LogP contribution in [0.4, 0.5) is 5.69 Å². The van der Waals surface area contributed by atoms with E-state index in [2.05, 4.69) is 5.32 Å². The summed E-state index contributed by atoms with van der Waals surface area (Å²) < 4.78 is 0. The zero-order valence-electron chi connectivity index (χ0n) is 15.2. The van der Waals surface area contributed by atoms with Gasteiger partial charge in [0.2, 0.25) is 0 Å².